The van der Waals surface area contributed by atoms with Crippen molar-refractivity contribution in [3.05, 3.63) is 42.0 Å². The number of methoxy groups -OCH3 is 2. The zero-order chi connectivity index (χ0) is 24.9. The molecule has 192 valence electrons. The van der Waals surface area contributed by atoms with Crippen LogP contribution in [0.4, 0.5) is 5.13 Å². The number of sulfone groups is 1. The van der Waals surface area contributed by atoms with Gasteiger partial charge in [-0.3, -0.25) is 9.69 Å². The van der Waals surface area contributed by atoms with Gasteiger partial charge in [0.1, 0.15) is 21.7 Å². The molecule has 0 saturated heterocycles. The van der Waals surface area contributed by atoms with Crippen molar-refractivity contribution in [1.82, 2.24) is 9.88 Å². The van der Waals surface area contributed by atoms with Gasteiger partial charge in [0.15, 0.2) is 15.0 Å². The van der Waals surface area contributed by atoms with Crippen molar-refractivity contribution in [2.75, 3.05) is 52.1 Å². The molecule has 35 heavy (non-hydrogen) atoms. The van der Waals surface area contributed by atoms with Crippen LogP contribution in [0, 0.1) is 6.92 Å². The van der Waals surface area contributed by atoms with Gasteiger partial charge >= 0.3 is 0 Å². The molecule has 0 bridgehead atoms. The molecule has 11 heteroatoms. The molecule has 1 heterocycles. The third-order valence-corrected chi connectivity index (χ3v) is 8.21. The molecule has 0 fully saturated rings. The molecule has 0 unspecified atom stereocenters. The van der Waals surface area contributed by atoms with E-state index in [1.165, 1.54) is 11.3 Å². The first-order valence-electron chi connectivity index (χ1n) is 10.9. The van der Waals surface area contributed by atoms with Crippen molar-refractivity contribution in [2.24, 2.45) is 0 Å². The predicted octanol–water partition coefficient (Wildman–Crippen LogP) is 4.19. The van der Waals surface area contributed by atoms with Gasteiger partial charge in [0, 0.05) is 13.0 Å². The fraction of sp³-hybridized carbons (Fsp3) is 0.417. The van der Waals surface area contributed by atoms with Crippen LogP contribution in [0.25, 0.3) is 10.2 Å². The first-order chi connectivity index (χ1) is 16.2. The lowest BCUT2D eigenvalue weighted by atomic mass is 10.2. The van der Waals surface area contributed by atoms with E-state index in [2.05, 4.69) is 4.98 Å². The summed E-state index contributed by atoms with van der Waals surface area (Å²) >= 11 is 1.33. The van der Waals surface area contributed by atoms with Gasteiger partial charge in [-0.05, 0) is 58.3 Å². The highest BCUT2D eigenvalue weighted by molar-refractivity contribution is 7.91. The average Bonchev–Trinajstić information content (AvgIpc) is 3.25. The number of fused-ring (bicyclic) bond motifs is 1. The zero-order valence-corrected chi connectivity index (χ0v) is 23.1. The van der Waals surface area contributed by atoms with Crippen molar-refractivity contribution in [3.63, 3.8) is 0 Å². The molecule has 0 atom stereocenters. The summed E-state index contributed by atoms with van der Waals surface area (Å²) in [6.07, 6.45) is 0.579. The zero-order valence-electron chi connectivity index (χ0n) is 20.6. The minimum Gasteiger partial charge on any atom is -0.495 e. The van der Waals surface area contributed by atoms with Gasteiger partial charge in [-0.15, -0.1) is 12.4 Å². The van der Waals surface area contributed by atoms with E-state index in [-0.39, 0.29) is 35.4 Å². The van der Waals surface area contributed by atoms with E-state index >= 15 is 0 Å². The molecule has 2 aromatic carbocycles. The Morgan fingerprint density at radius 3 is 2.23 bits per heavy atom. The Balaban J connectivity index is 0.00000432. The van der Waals surface area contributed by atoms with Crippen LogP contribution in [0.15, 0.2) is 41.3 Å². The topological polar surface area (TPSA) is 89.0 Å². The minimum absolute atomic E-state index is 0. The molecule has 0 radical (unpaired) electrons. The number of nitrogens with zero attached hydrogens (tertiary/aromatic N) is 3. The summed E-state index contributed by atoms with van der Waals surface area (Å²) in [5, 5.41) is 0.495. The first-order valence-corrected chi connectivity index (χ1v) is 13.4. The van der Waals surface area contributed by atoms with Crippen LogP contribution < -0.4 is 14.4 Å². The van der Waals surface area contributed by atoms with Crippen molar-refractivity contribution < 1.29 is 22.7 Å². The number of ether oxygens (including phenoxy) is 2. The Kier molecular flexibility index (Phi) is 10.3. The van der Waals surface area contributed by atoms with Gasteiger partial charge in [0.2, 0.25) is 5.91 Å². The number of hydrogen-bond acceptors (Lipinski definition) is 8. The maximum atomic E-state index is 13.3. The summed E-state index contributed by atoms with van der Waals surface area (Å²) < 4.78 is 37.3. The van der Waals surface area contributed by atoms with Gasteiger partial charge in [0.25, 0.3) is 0 Å². The molecule has 3 aromatic rings. The third kappa shape index (κ3) is 7.07. The van der Waals surface area contributed by atoms with E-state index in [0.29, 0.717) is 35.1 Å². The van der Waals surface area contributed by atoms with Crippen LogP contribution in [0.5, 0.6) is 11.5 Å². The van der Waals surface area contributed by atoms with Crippen molar-refractivity contribution >= 4 is 54.8 Å². The van der Waals surface area contributed by atoms with Crippen LogP contribution >= 0.6 is 23.7 Å². The first kappa shape index (κ1) is 28.8. The van der Waals surface area contributed by atoms with Crippen molar-refractivity contribution in [2.45, 2.75) is 24.7 Å². The Bertz CT molecular complexity index is 1200. The highest BCUT2D eigenvalue weighted by atomic mass is 35.5. The summed E-state index contributed by atoms with van der Waals surface area (Å²) in [5.74, 6) is 0.672. The van der Waals surface area contributed by atoms with Crippen LogP contribution in [0.1, 0.15) is 18.4 Å². The molecule has 8 nitrogen and oxygen atoms in total. The molecule has 0 aliphatic carbocycles. The van der Waals surface area contributed by atoms with Gasteiger partial charge < -0.3 is 14.4 Å². The van der Waals surface area contributed by atoms with Crippen molar-refractivity contribution in [3.8, 4) is 11.5 Å². The number of rotatable bonds is 11. The Morgan fingerprint density at radius 2 is 1.63 bits per heavy atom. The fourth-order valence-electron chi connectivity index (χ4n) is 3.48. The number of hydrogen-bond donors (Lipinski definition) is 0. The highest BCUT2D eigenvalue weighted by Gasteiger charge is 2.24. The lowest BCUT2D eigenvalue weighted by molar-refractivity contribution is -0.118. The third-order valence-electron chi connectivity index (χ3n) is 5.38. The number of halogens is 1. The van der Waals surface area contributed by atoms with E-state index in [1.807, 2.05) is 25.9 Å². The SMILES string of the molecule is COc1ccc(OC)c2sc(N(CCCN(C)C)C(=O)CCS(=O)(=O)c3ccc(C)cc3)nc12.Cl. The van der Waals surface area contributed by atoms with Gasteiger partial charge in [-0.2, -0.15) is 0 Å². The van der Waals surface area contributed by atoms with Crippen molar-refractivity contribution in [1.29, 1.82) is 0 Å². The van der Waals surface area contributed by atoms with Crippen LogP contribution in [0.2, 0.25) is 0 Å². The standard InChI is InChI=1S/C24H31N3O5S2.ClH/c1-17-7-9-18(10-8-17)34(29,30)16-13-21(28)27(15-6-14-26(2)3)24-25-22-19(31-4)11-12-20(32-5)23(22)33-24;/h7-12H,6,13-16H2,1-5H3;1H. The summed E-state index contributed by atoms with van der Waals surface area (Å²) in [4.78, 5) is 21.8. The second-order valence-electron chi connectivity index (χ2n) is 8.23. The molecule has 0 N–H and O–H groups in total. The predicted molar refractivity (Wildman–Crippen MR) is 143 cm³/mol. The normalized spacial score (nSPS) is 11.4. The number of anilines is 1. The van der Waals surface area contributed by atoms with E-state index in [0.717, 1.165) is 16.8 Å². The Hall–Kier alpha value is -2.40. The van der Waals surface area contributed by atoms with Crippen LogP contribution in [-0.4, -0.2) is 71.4 Å². The monoisotopic (exact) mass is 541 g/mol. The maximum Gasteiger partial charge on any atom is 0.229 e. The lowest BCUT2D eigenvalue weighted by Gasteiger charge is -2.21. The lowest BCUT2D eigenvalue weighted by Crippen LogP contribution is -2.34. The number of aromatic nitrogens is 1. The molecule has 0 aliphatic heterocycles. The molecule has 1 aromatic heterocycles. The fourth-order valence-corrected chi connectivity index (χ4v) is 5.83. The van der Waals surface area contributed by atoms with E-state index < -0.39 is 9.84 Å². The smallest absolute Gasteiger partial charge is 0.229 e. The van der Waals surface area contributed by atoms with Gasteiger partial charge in [0.05, 0.1) is 24.9 Å². The quantitative estimate of drug-likeness (QED) is 0.359. The summed E-state index contributed by atoms with van der Waals surface area (Å²) in [6.45, 7) is 3.10. The Labute approximate surface area is 217 Å². The molecular formula is C24H32ClN3O5S2. The van der Waals surface area contributed by atoms with E-state index in [1.54, 1.807) is 55.5 Å². The van der Waals surface area contributed by atoms with E-state index in [9.17, 15) is 13.2 Å². The Morgan fingerprint density at radius 1 is 1.00 bits per heavy atom. The molecular weight excluding hydrogens is 510 g/mol. The number of thiazole rings is 1. The second-order valence-corrected chi connectivity index (χ2v) is 11.3. The number of amides is 1. The van der Waals surface area contributed by atoms with E-state index in [4.69, 9.17) is 9.47 Å². The molecule has 3 rings (SSSR count). The van der Waals surface area contributed by atoms with Gasteiger partial charge in [-0.1, -0.05) is 29.0 Å². The van der Waals surface area contributed by atoms with Gasteiger partial charge in [-0.25, -0.2) is 13.4 Å². The second kappa shape index (κ2) is 12.5. The number of aryl methyl sites for hydroxylation is 1. The maximum absolute atomic E-state index is 13.3. The minimum atomic E-state index is -3.58. The number of benzene rings is 2. The summed E-state index contributed by atoms with van der Waals surface area (Å²) in [7, 11) is 3.50. The summed E-state index contributed by atoms with van der Waals surface area (Å²) in [6, 6.07) is 10.2. The number of carbonyl (C=O) groups excluding carboxylic acids is 1. The largest absolute Gasteiger partial charge is 0.495 e. The average molecular weight is 542 g/mol. The molecule has 1 amide bonds. The molecule has 0 aliphatic rings. The molecule has 0 spiro atoms. The summed E-state index contributed by atoms with van der Waals surface area (Å²) in [5.41, 5.74) is 1.59. The number of carbonyl (C=O) groups is 1. The van der Waals surface area contributed by atoms with Crippen LogP contribution in [-0.2, 0) is 14.6 Å². The molecule has 0 saturated carbocycles. The van der Waals surface area contributed by atoms with Crippen LogP contribution in [0.3, 0.4) is 0 Å². The highest BCUT2D eigenvalue weighted by Crippen LogP contribution is 2.40.